The summed E-state index contributed by atoms with van der Waals surface area (Å²) in [6, 6.07) is 15.5. The number of fused-ring (bicyclic) bond motifs is 1. The van der Waals surface area contributed by atoms with Crippen LogP contribution >= 0.6 is 11.3 Å². The minimum Gasteiger partial charge on any atom is -0.497 e. The third kappa shape index (κ3) is 3.76. The summed E-state index contributed by atoms with van der Waals surface area (Å²) in [6.45, 7) is 3.95. The monoisotopic (exact) mass is 406 g/mol. The maximum Gasteiger partial charge on any atom is 0.266 e. The Balaban J connectivity index is 1.70. The van der Waals surface area contributed by atoms with Gasteiger partial charge in [-0.2, -0.15) is 0 Å². The van der Waals surface area contributed by atoms with Gasteiger partial charge in [-0.15, -0.1) is 11.3 Å². The zero-order valence-corrected chi connectivity index (χ0v) is 17.4. The fourth-order valence-electron chi connectivity index (χ4n) is 3.69. The molecule has 1 atom stereocenters. The minimum atomic E-state index is -0.163. The van der Waals surface area contributed by atoms with Crippen molar-refractivity contribution in [1.82, 2.24) is 0 Å². The fourth-order valence-corrected chi connectivity index (χ4v) is 4.87. The van der Waals surface area contributed by atoms with E-state index in [0.29, 0.717) is 11.3 Å². The molecule has 0 saturated carbocycles. The van der Waals surface area contributed by atoms with E-state index in [2.05, 4.69) is 10.6 Å². The number of anilines is 2. The maximum absolute atomic E-state index is 12.9. The number of benzene rings is 2. The fraction of sp³-hybridized carbons (Fsp3) is 0.217. The number of hydrogen-bond acceptors (Lipinski definition) is 4. The van der Waals surface area contributed by atoms with Crippen LogP contribution < -0.4 is 15.4 Å². The predicted octanol–water partition coefficient (Wildman–Crippen LogP) is 5.10. The first-order valence-electron chi connectivity index (χ1n) is 9.41. The number of ether oxygens (including phenoxy) is 1. The van der Waals surface area contributed by atoms with Crippen molar-refractivity contribution in [3.05, 3.63) is 75.7 Å². The summed E-state index contributed by atoms with van der Waals surface area (Å²) in [5, 5.41) is 6.65. The molecule has 0 bridgehead atoms. The molecule has 0 spiro atoms. The van der Waals surface area contributed by atoms with E-state index in [1.807, 2.05) is 62.4 Å². The molecule has 148 valence electrons. The standard InChI is InChI=1S/C23H22N2O3S/c1-13-7-9-16(10-8-13)24-22(27)21-14(2)20-18(12-19(26)25-23(20)29-21)15-5-4-6-17(11-15)28-3/h4-11,18H,12H2,1-3H3,(H,24,27)(H,25,26). The Kier molecular flexibility index (Phi) is 5.11. The van der Waals surface area contributed by atoms with Crippen molar-refractivity contribution < 1.29 is 14.3 Å². The van der Waals surface area contributed by atoms with Gasteiger partial charge >= 0.3 is 0 Å². The first-order chi connectivity index (χ1) is 14.0. The number of carbonyl (C=O) groups excluding carboxylic acids is 2. The lowest BCUT2D eigenvalue weighted by Gasteiger charge is -2.24. The van der Waals surface area contributed by atoms with E-state index in [9.17, 15) is 9.59 Å². The average molecular weight is 407 g/mol. The molecular weight excluding hydrogens is 384 g/mol. The summed E-state index contributed by atoms with van der Waals surface area (Å²) >= 11 is 1.33. The van der Waals surface area contributed by atoms with Crippen LogP contribution in [-0.2, 0) is 4.79 Å². The van der Waals surface area contributed by atoms with Gasteiger partial charge < -0.3 is 15.4 Å². The van der Waals surface area contributed by atoms with Gasteiger partial charge in [-0.05, 0) is 54.8 Å². The Bertz CT molecular complexity index is 1090. The van der Waals surface area contributed by atoms with Gasteiger partial charge in [0, 0.05) is 18.0 Å². The van der Waals surface area contributed by atoms with Gasteiger partial charge in [0.2, 0.25) is 5.91 Å². The van der Waals surface area contributed by atoms with Crippen molar-refractivity contribution in [2.24, 2.45) is 0 Å². The van der Waals surface area contributed by atoms with Crippen LogP contribution in [-0.4, -0.2) is 18.9 Å². The SMILES string of the molecule is COc1cccc(C2CC(=O)Nc3sc(C(=O)Nc4ccc(C)cc4)c(C)c32)c1. The van der Waals surface area contributed by atoms with E-state index in [1.165, 1.54) is 11.3 Å². The van der Waals surface area contributed by atoms with E-state index < -0.39 is 0 Å². The molecule has 4 rings (SSSR count). The molecule has 1 aliphatic heterocycles. The minimum absolute atomic E-state index is 0.0444. The Morgan fingerprint density at radius 1 is 1.17 bits per heavy atom. The van der Waals surface area contributed by atoms with Gasteiger partial charge in [0.25, 0.3) is 5.91 Å². The smallest absolute Gasteiger partial charge is 0.266 e. The Morgan fingerprint density at radius 2 is 1.93 bits per heavy atom. The number of hydrogen-bond donors (Lipinski definition) is 2. The number of carbonyl (C=O) groups is 2. The molecule has 1 unspecified atom stereocenters. The van der Waals surface area contributed by atoms with Gasteiger partial charge in [-0.1, -0.05) is 29.8 Å². The quantitative estimate of drug-likeness (QED) is 0.633. The first-order valence-corrected chi connectivity index (χ1v) is 10.2. The largest absolute Gasteiger partial charge is 0.497 e. The van der Waals surface area contributed by atoms with E-state index in [4.69, 9.17) is 4.74 Å². The first kappa shape index (κ1) is 19.2. The van der Waals surface area contributed by atoms with E-state index in [0.717, 1.165) is 38.7 Å². The highest BCUT2D eigenvalue weighted by Crippen LogP contribution is 2.45. The number of nitrogens with one attached hydrogen (secondary N) is 2. The maximum atomic E-state index is 12.9. The molecule has 1 aliphatic rings. The number of methoxy groups -OCH3 is 1. The van der Waals surface area contributed by atoms with Crippen molar-refractivity contribution in [1.29, 1.82) is 0 Å². The highest BCUT2D eigenvalue weighted by atomic mass is 32.1. The average Bonchev–Trinajstić information content (AvgIpc) is 3.05. The summed E-state index contributed by atoms with van der Waals surface area (Å²) < 4.78 is 5.35. The highest BCUT2D eigenvalue weighted by Gasteiger charge is 2.33. The molecule has 2 aromatic carbocycles. The molecule has 3 aromatic rings. The second kappa shape index (κ2) is 7.72. The molecule has 5 nitrogen and oxygen atoms in total. The molecule has 2 N–H and O–H groups in total. The molecule has 0 radical (unpaired) electrons. The number of thiophene rings is 1. The van der Waals surface area contributed by atoms with Gasteiger partial charge in [-0.25, -0.2) is 0 Å². The van der Waals surface area contributed by atoms with Gasteiger partial charge in [0.15, 0.2) is 0 Å². The normalized spacial score (nSPS) is 15.4. The molecule has 2 heterocycles. The molecule has 0 saturated heterocycles. The highest BCUT2D eigenvalue weighted by molar-refractivity contribution is 7.18. The van der Waals surface area contributed by atoms with Crippen molar-refractivity contribution in [3.8, 4) is 5.75 Å². The number of rotatable bonds is 4. The Labute approximate surface area is 173 Å². The third-order valence-electron chi connectivity index (χ3n) is 5.20. The van der Waals surface area contributed by atoms with Crippen molar-refractivity contribution in [3.63, 3.8) is 0 Å². The zero-order chi connectivity index (χ0) is 20.5. The van der Waals surface area contributed by atoms with E-state index in [-0.39, 0.29) is 17.7 Å². The predicted molar refractivity (Wildman–Crippen MR) is 116 cm³/mol. The summed E-state index contributed by atoms with van der Waals surface area (Å²) in [5.41, 5.74) is 4.81. The summed E-state index contributed by atoms with van der Waals surface area (Å²) in [4.78, 5) is 25.9. The molecular formula is C23H22N2O3S. The lowest BCUT2D eigenvalue weighted by Crippen LogP contribution is -2.22. The lowest BCUT2D eigenvalue weighted by atomic mass is 9.85. The van der Waals surface area contributed by atoms with Crippen molar-refractivity contribution in [2.45, 2.75) is 26.2 Å². The second-order valence-electron chi connectivity index (χ2n) is 7.20. The van der Waals surface area contributed by atoms with Crippen LogP contribution in [0.2, 0.25) is 0 Å². The van der Waals surface area contributed by atoms with Gasteiger partial charge in [0.1, 0.15) is 5.75 Å². The molecule has 0 fully saturated rings. The van der Waals surface area contributed by atoms with Crippen LogP contribution in [0.3, 0.4) is 0 Å². The van der Waals surface area contributed by atoms with E-state index >= 15 is 0 Å². The van der Waals surface area contributed by atoms with Crippen molar-refractivity contribution in [2.75, 3.05) is 17.7 Å². The van der Waals surface area contributed by atoms with Crippen LogP contribution in [0.5, 0.6) is 5.75 Å². The molecule has 2 amide bonds. The Morgan fingerprint density at radius 3 is 2.66 bits per heavy atom. The zero-order valence-electron chi connectivity index (χ0n) is 16.5. The van der Waals surface area contributed by atoms with Crippen LogP contribution in [0.4, 0.5) is 10.7 Å². The summed E-state index contributed by atoms with van der Waals surface area (Å²) in [7, 11) is 1.63. The lowest BCUT2D eigenvalue weighted by molar-refractivity contribution is -0.116. The van der Waals surface area contributed by atoms with E-state index in [1.54, 1.807) is 7.11 Å². The van der Waals surface area contributed by atoms with Gasteiger partial charge in [0.05, 0.1) is 17.0 Å². The number of aryl methyl sites for hydroxylation is 1. The molecule has 1 aromatic heterocycles. The topological polar surface area (TPSA) is 67.4 Å². The Hall–Kier alpha value is -3.12. The van der Waals surface area contributed by atoms with Crippen LogP contribution in [0.25, 0.3) is 0 Å². The van der Waals surface area contributed by atoms with Crippen LogP contribution in [0, 0.1) is 13.8 Å². The van der Waals surface area contributed by atoms with Crippen molar-refractivity contribution >= 4 is 33.8 Å². The second-order valence-corrected chi connectivity index (χ2v) is 8.22. The molecule has 29 heavy (non-hydrogen) atoms. The van der Waals surface area contributed by atoms with Crippen LogP contribution in [0.1, 0.15) is 44.3 Å². The van der Waals surface area contributed by atoms with Gasteiger partial charge in [-0.3, -0.25) is 9.59 Å². The molecule has 0 aliphatic carbocycles. The third-order valence-corrected chi connectivity index (χ3v) is 6.42. The summed E-state index contributed by atoms with van der Waals surface area (Å²) in [6.07, 6.45) is 0.344. The molecule has 6 heteroatoms. The number of amides is 2. The summed E-state index contributed by atoms with van der Waals surface area (Å²) in [5.74, 6) is 0.438. The van der Waals surface area contributed by atoms with Crippen LogP contribution in [0.15, 0.2) is 48.5 Å².